The summed E-state index contributed by atoms with van der Waals surface area (Å²) in [5, 5.41) is -0.472. The van der Waals surface area contributed by atoms with Crippen molar-refractivity contribution in [3.63, 3.8) is 0 Å². The molecule has 3 atom stereocenters. The molecule has 3 heterocycles. The molecule has 1 saturated heterocycles. The molecular formula is C25H22F3N3O3S2. The van der Waals surface area contributed by atoms with Crippen LogP contribution in [-0.4, -0.2) is 35.1 Å². The number of nitrogens with one attached hydrogen (secondary N) is 1. The second-order valence-corrected chi connectivity index (χ2v) is 10.7. The first-order valence-electron chi connectivity index (χ1n) is 11.4. The number of alkyl halides is 3. The highest BCUT2D eigenvalue weighted by Gasteiger charge is 2.57. The highest BCUT2D eigenvalue weighted by Crippen LogP contribution is 2.54. The highest BCUT2D eigenvalue weighted by molar-refractivity contribution is 8.00. The molecule has 36 heavy (non-hydrogen) atoms. The molecule has 6 nitrogen and oxygen atoms in total. The molecule has 1 N–H and O–H groups in total. The number of halogens is 3. The van der Waals surface area contributed by atoms with E-state index in [2.05, 4.69) is 9.88 Å². The van der Waals surface area contributed by atoms with E-state index in [0.29, 0.717) is 14.8 Å². The number of anilines is 2. The van der Waals surface area contributed by atoms with Gasteiger partial charge in [-0.1, -0.05) is 47.4 Å². The van der Waals surface area contributed by atoms with Crippen LogP contribution in [0.15, 0.2) is 58.4 Å². The van der Waals surface area contributed by atoms with Gasteiger partial charge in [-0.15, -0.1) is 0 Å². The summed E-state index contributed by atoms with van der Waals surface area (Å²) in [5.41, 5.74) is 0.202. The summed E-state index contributed by atoms with van der Waals surface area (Å²) in [6.45, 7) is 5.70. The number of aromatic nitrogens is 1. The van der Waals surface area contributed by atoms with E-state index in [9.17, 15) is 27.6 Å². The maximum absolute atomic E-state index is 13.7. The standard InChI is InChI=1S/C25H22F3N3O3S2/c1-3-30(4-2)14-11-9-13(10-12-14)17-18-20(35-21-19(17)36-24(34)29-21)23(33)31(22(18)32)16-8-6-5-7-15(16)25(26,27)28/h5-12,17-18,20H,3-4H2,1-2H3,(H,29,34)/t17-,18-,20+/m0/s1. The second kappa shape index (κ2) is 9.11. The smallest absolute Gasteiger partial charge is 0.372 e. The zero-order valence-corrected chi connectivity index (χ0v) is 21.0. The average molecular weight is 534 g/mol. The normalized spacial score (nSPS) is 21.5. The van der Waals surface area contributed by atoms with Crippen LogP contribution in [0.25, 0.3) is 0 Å². The number of fused-ring (bicyclic) bond motifs is 2. The van der Waals surface area contributed by atoms with Gasteiger partial charge in [0.05, 0.1) is 22.2 Å². The van der Waals surface area contributed by atoms with Crippen LogP contribution in [0.1, 0.15) is 35.8 Å². The van der Waals surface area contributed by atoms with E-state index >= 15 is 0 Å². The Morgan fingerprint density at radius 1 is 0.972 bits per heavy atom. The fourth-order valence-electron chi connectivity index (χ4n) is 5.00. The van der Waals surface area contributed by atoms with Crippen molar-refractivity contribution in [3.8, 4) is 0 Å². The number of imide groups is 1. The summed E-state index contributed by atoms with van der Waals surface area (Å²) in [6, 6.07) is 12.2. The fourth-order valence-corrected chi connectivity index (χ4v) is 7.52. The Balaban J connectivity index is 1.61. The molecule has 5 rings (SSSR count). The van der Waals surface area contributed by atoms with Crippen LogP contribution >= 0.6 is 23.1 Å². The first-order valence-corrected chi connectivity index (χ1v) is 13.1. The Bertz CT molecular complexity index is 1380. The SMILES string of the molecule is CCN(CC)c1ccc([C@@H]2c3sc(=O)[nH]c3S[C@H]3C(=O)N(c4ccccc4C(F)(F)F)C(=O)[C@@H]23)cc1. The molecule has 0 bridgehead atoms. The van der Waals surface area contributed by atoms with Gasteiger partial charge < -0.3 is 9.88 Å². The lowest BCUT2D eigenvalue weighted by Gasteiger charge is -2.30. The van der Waals surface area contributed by atoms with E-state index in [1.165, 1.54) is 12.1 Å². The summed E-state index contributed by atoms with van der Waals surface area (Å²) in [5.74, 6) is -2.99. The van der Waals surface area contributed by atoms with Crippen LogP contribution < -0.4 is 14.7 Å². The predicted molar refractivity (Wildman–Crippen MR) is 134 cm³/mol. The van der Waals surface area contributed by atoms with Gasteiger partial charge in [0.1, 0.15) is 5.25 Å². The molecular weight excluding hydrogens is 511 g/mol. The number of amides is 2. The lowest BCUT2D eigenvalue weighted by atomic mass is 9.83. The molecule has 0 saturated carbocycles. The van der Waals surface area contributed by atoms with Gasteiger partial charge in [-0.3, -0.25) is 14.4 Å². The van der Waals surface area contributed by atoms with Gasteiger partial charge >= 0.3 is 11.0 Å². The molecule has 2 aliphatic heterocycles. The third-order valence-corrected chi connectivity index (χ3v) is 9.06. The van der Waals surface area contributed by atoms with Crippen LogP contribution in [0, 0.1) is 5.92 Å². The first kappa shape index (κ1) is 24.6. The number of hydrogen-bond donors (Lipinski definition) is 1. The highest BCUT2D eigenvalue weighted by atomic mass is 32.2. The monoisotopic (exact) mass is 533 g/mol. The van der Waals surface area contributed by atoms with Gasteiger partial charge in [0.25, 0.3) is 0 Å². The Kier molecular flexibility index (Phi) is 6.24. The minimum absolute atomic E-state index is 0.309. The van der Waals surface area contributed by atoms with Crippen molar-refractivity contribution in [3.05, 3.63) is 74.2 Å². The van der Waals surface area contributed by atoms with Crippen molar-refractivity contribution in [1.82, 2.24) is 4.98 Å². The van der Waals surface area contributed by atoms with Crippen molar-refractivity contribution < 1.29 is 22.8 Å². The molecule has 1 aromatic heterocycles. The maximum Gasteiger partial charge on any atom is 0.418 e. The minimum atomic E-state index is -4.73. The summed E-state index contributed by atoms with van der Waals surface area (Å²) < 4.78 is 41.2. The lowest BCUT2D eigenvalue weighted by molar-refractivity contribution is -0.137. The van der Waals surface area contributed by atoms with Gasteiger partial charge in [-0.2, -0.15) is 13.2 Å². The van der Waals surface area contributed by atoms with Crippen LogP contribution in [0.3, 0.4) is 0 Å². The molecule has 0 unspecified atom stereocenters. The van der Waals surface area contributed by atoms with Crippen LogP contribution in [0.4, 0.5) is 24.5 Å². The van der Waals surface area contributed by atoms with Crippen LogP contribution in [0.5, 0.6) is 0 Å². The molecule has 11 heteroatoms. The average Bonchev–Trinajstić information content (AvgIpc) is 3.34. The molecule has 0 spiro atoms. The Labute approximate surface area is 213 Å². The molecule has 3 aromatic rings. The van der Waals surface area contributed by atoms with Crippen molar-refractivity contribution >= 4 is 46.3 Å². The van der Waals surface area contributed by atoms with E-state index < -0.39 is 46.3 Å². The Morgan fingerprint density at radius 2 is 1.64 bits per heavy atom. The second-order valence-electron chi connectivity index (χ2n) is 8.54. The van der Waals surface area contributed by atoms with Gasteiger partial charge in [0.2, 0.25) is 11.8 Å². The zero-order valence-electron chi connectivity index (χ0n) is 19.3. The first-order chi connectivity index (χ1) is 17.2. The molecule has 2 amide bonds. The van der Waals surface area contributed by atoms with E-state index in [1.807, 2.05) is 38.1 Å². The number of benzene rings is 2. The van der Waals surface area contributed by atoms with E-state index in [1.54, 1.807) is 0 Å². The summed E-state index contributed by atoms with van der Waals surface area (Å²) >= 11 is 2.00. The number of para-hydroxylation sites is 1. The number of thiazole rings is 1. The number of carbonyl (C=O) groups excluding carboxylic acids is 2. The zero-order chi connectivity index (χ0) is 25.8. The molecule has 2 aromatic carbocycles. The number of H-pyrrole nitrogens is 1. The minimum Gasteiger partial charge on any atom is -0.372 e. The van der Waals surface area contributed by atoms with Gasteiger partial charge in [-0.05, 0) is 43.7 Å². The predicted octanol–water partition coefficient (Wildman–Crippen LogP) is 5.10. The quantitative estimate of drug-likeness (QED) is 0.462. The summed E-state index contributed by atoms with van der Waals surface area (Å²) in [7, 11) is 0. The Morgan fingerprint density at radius 3 is 2.28 bits per heavy atom. The number of carbonyl (C=O) groups is 2. The number of rotatable bonds is 5. The molecule has 2 aliphatic rings. The molecule has 0 aliphatic carbocycles. The van der Waals surface area contributed by atoms with Crippen molar-refractivity contribution in [1.29, 1.82) is 0 Å². The largest absolute Gasteiger partial charge is 0.418 e. The Hall–Kier alpha value is -3.05. The maximum atomic E-state index is 13.7. The lowest BCUT2D eigenvalue weighted by Crippen LogP contribution is -2.33. The summed E-state index contributed by atoms with van der Waals surface area (Å²) in [4.78, 5) is 45.3. The van der Waals surface area contributed by atoms with E-state index in [4.69, 9.17) is 0 Å². The van der Waals surface area contributed by atoms with Gasteiger partial charge in [0, 0.05) is 29.6 Å². The number of nitrogens with zero attached hydrogens (tertiary/aromatic N) is 2. The number of thioether (sulfide) groups is 1. The van der Waals surface area contributed by atoms with Crippen molar-refractivity contribution in [2.75, 3.05) is 22.9 Å². The summed E-state index contributed by atoms with van der Waals surface area (Å²) in [6.07, 6.45) is -4.73. The number of aromatic amines is 1. The molecule has 0 radical (unpaired) electrons. The number of hydrogen-bond acceptors (Lipinski definition) is 6. The third kappa shape index (κ3) is 3.94. The van der Waals surface area contributed by atoms with Crippen molar-refractivity contribution in [2.24, 2.45) is 5.92 Å². The van der Waals surface area contributed by atoms with Gasteiger partial charge in [0.15, 0.2) is 0 Å². The van der Waals surface area contributed by atoms with Crippen LogP contribution in [-0.2, 0) is 15.8 Å². The van der Waals surface area contributed by atoms with Crippen molar-refractivity contribution in [2.45, 2.75) is 36.2 Å². The molecule has 188 valence electrons. The fraction of sp³-hybridized carbons (Fsp3) is 0.320. The van der Waals surface area contributed by atoms with E-state index in [-0.39, 0.29) is 4.87 Å². The van der Waals surface area contributed by atoms with E-state index in [0.717, 1.165) is 59.6 Å². The third-order valence-electron chi connectivity index (χ3n) is 6.66. The topological polar surface area (TPSA) is 73.5 Å². The van der Waals surface area contributed by atoms with Crippen LogP contribution in [0.2, 0.25) is 0 Å². The molecule has 1 fully saturated rings. The van der Waals surface area contributed by atoms with Gasteiger partial charge in [-0.25, -0.2) is 4.90 Å².